The average molecular weight is 213 g/mol. The number of rotatable bonds is 3. The van der Waals surface area contributed by atoms with Crippen molar-refractivity contribution in [3.8, 4) is 0 Å². The monoisotopic (exact) mass is 213 g/mol. The second-order valence-electron chi connectivity index (χ2n) is 2.44. The molecule has 0 aromatic heterocycles. The largest absolute Gasteiger partial charge is 0.478 e. The Morgan fingerprint density at radius 2 is 2.29 bits per heavy atom. The average Bonchev–Trinajstić information content (AvgIpc) is 2.10. The van der Waals surface area contributed by atoms with E-state index in [2.05, 4.69) is 0 Å². The topological polar surface area (TPSA) is 63.3 Å². The third kappa shape index (κ3) is 3.10. The smallest absolute Gasteiger partial charge is 0.328 e. The molecule has 3 nitrogen and oxygen atoms in total. The molecule has 0 aliphatic heterocycles. The van der Waals surface area contributed by atoms with Gasteiger partial charge in [-0.1, -0.05) is 11.8 Å². The number of anilines is 1. The third-order valence-corrected chi connectivity index (χ3v) is 2.18. The lowest BCUT2D eigenvalue weighted by molar-refractivity contribution is -0.131. The van der Waals surface area contributed by atoms with Gasteiger partial charge in [-0.25, -0.2) is 9.18 Å². The molecule has 3 N–H and O–H groups in total. The Hall–Kier alpha value is -1.49. The first-order valence-electron chi connectivity index (χ1n) is 3.71. The van der Waals surface area contributed by atoms with Crippen LogP contribution in [0.15, 0.2) is 34.6 Å². The molecule has 0 atom stereocenters. The van der Waals surface area contributed by atoms with E-state index in [1.807, 2.05) is 0 Å². The number of halogens is 1. The summed E-state index contributed by atoms with van der Waals surface area (Å²) in [7, 11) is 0. The highest BCUT2D eigenvalue weighted by atomic mass is 32.2. The molecule has 0 saturated carbocycles. The fraction of sp³-hybridized carbons (Fsp3) is 0. The SMILES string of the molecule is Nc1ccc(SC=CC(=O)O)cc1F. The summed E-state index contributed by atoms with van der Waals surface area (Å²) >= 11 is 1.11. The molecule has 0 unspecified atom stereocenters. The van der Waals surface area contributed by atoms with Crippen molar-refractivity contribution in [1.82, 2.24) is 0 Å². The molecule has 1 aromatic carbocycles. The highest BCUT2D eigenvalue weighted by molar-refractivity contribution is 8.02. The van der Waals surface area contributed by atoms with E-state index in [-0.39, 0.29) is 5.69 Å². The molecule has 1 aromatic rings. The molecule has 0 aliphatic rings. The van der Waals surface area contributed by atoms with Crippen LogP contribution in [0.3, 0.4) is 0 Å². The summed E-state index contributed by atoms with van der Waals surface area (Å²) in [5, 5.41) is 9.66. The van der Waals surface area contributed by atoms with Crippen molar-refractivity contribution < 1.29 is 14.3 Å². The van der Waals surface area contributed by atoms with Gasteiger partial charge >= 0.3 is 5.97 Å². The van der Waals surface area contributed by atoms with E-state index in [0.29, 0.717) is 4.90 Å². The zero-order chi connectivity index (χ0) is 10.6. The number of nitrogen functional groups attached to an aromatic ring is 1. The Balaban J connectivity index is 2.69. The van der Waals surface area contributed by atoms with Crippen LogP contribution in [0, 0.1) is 5.82 Å². The molecule has 0 fully saturated rings. The summed E-state index contributed by atoms with van der Waals surface area (Å²) in [5.74, 6) is -1.54. The number of thioether (sulfide) groups is 1. The quantitative estimate of drug-likeness (QED) is 0.458. The number of carboxylic acids is 1. The van der Waals surface area contributed by atoms with Crippen LogP contribution in [0.4, 0.5) is 10.1 Å². The van der Waals surface area contributed by atoms with E-state index in [9.17, 15) is 9.18 Å². The maximum atomic E-state index is 12.9. The molecular weight excluding hydrogens is 205 g/mol. The molecular formula is C9H8FNO2S. The molecule has 14 heavy (non-hydrogen) atoms. The van der Waals surface area contributed by atoms with Crippen molar-refractivity contribution >= 4 is 23.4 Å². The van der Waals surface area contributed by atoms with Gasteiger partial charge in [-0.15, -0.1) is 0 Å². The molecule has 1 rings (SSSR count). The molecule has 0 saturated heterocycles. The molecule has 0 spiro atoms. The summed E-state index contributed by atoms with van der Waals surface area (Å²) in [5.41, 5.74) is 5.35. The maximum absolute atomic E-state index is 12.9. The van der Waals surface area contributed by atoms with Gasteiger partial charge in [-0.05, 0) is 23.6 Å². The standard InChI is InChI=1S/C9H8FNO2S/c10-7-5-6(1-2-8(7)11)14-4-3-9(12)13/h1-5H,11H2,(H,12,13). The van der Waals surface area contributed by atoms with Crippen molar-refractivity contribution in [2.24, 2.45) is 0 Å². The number of nitrogens with two attached hydrogens (primary N) is 1. The van der Waals surface area contributed by atoms with E-state index in [1.165, 1.54) is 17.5 Å². The van der Waals surface area contributed by atoms with Crippen molar-refractivity contribution in [3.05, 3.63) is 35.5 Å². The lowest BCUT2D eigenvalue weighted by Crippen LogP contribution is -1.89. The molecule has 0 amide bonds. The van der Waals surface area contributed by atoms with Crippen LogP contribution < -0.4 is 5.73 Å². The lowest BCUT2D eigenvalue weighted by Gasteiger charge is -1.98. The second kappa shape index (κ2) is 4.66. The number of carboxylic acid groups (broad SMARTS) is 1. The minimum Gasteiger partial charge on any atom is -0.478 e. The Bertz CT molecular complexity index is 379. The first-order chi connectivity index (χ1) is 6.59. The zero-order valence-electron chi connectivity index (χ0n) is 7.11. The maximum Gasteiger partial charge on any atom is 0.328 e. The predicted octanol–water partition coefficient (Wildman–Crippen LogP) is 2.10. The fourth-order valence-electron chi connectivity index (χ4n) is 0.752. The van der Waals surface area contributed by atoms with Gasteiger partial charge in [-0.2, -0.15) is 0 Å². The second-order valence-corrected chi connectivity index (χ2v) is 3.42. The zero-order valence-corrected chi connectivity index (χ0v) is 7.92. The summed E-state index contributed by atoms with van der Waals surface area (Å²) in [6.07, 6.45) is 0.985. The Morgan fingerprint density at radius 1 is 1.57 bits per heavy atom. The van der Waals surface area contributed by atoms with E-state index in [4.69, 9.17) is 10.8 Å². The lowest BCUT2D eigenvalue weighted by atomic mass is 10.3. The van der Waals surface area contributed by atoms with Crippen LogP contribution in [-0.4, -0.2) is 11.1 Å². The molecule has 74 valence electrons. The van der Waals surface area contributed by atoms with Crippen LogP contribution in [0.2, 0.25) is 0 Å². The molecule has 0 heterocycles. The van der Waals surface area contributed by atoms with Crippen molar-refractivity contribution in [3.63, 3.8) is 0 Å². The summed E-state index contributed by atoms with van der Waals surface area (Å²) in [6.45, 7) is 0. The van der Waals surface area contributed by atoms with Crippen molar-refractivity contribution in [2.75, 3.05) is 5.73 Å². The highest BCUT2D eigenvalue weighted by Gasteiger charge is 1.98. The number of benzene rings is 1. The first kappa shape index (κ1) is 10.6. The normalized spacial score (nSPS) is 10.6. The van der Waals surface area contributed by atoms with E-state index < -0.39 is 11.8 Å². The third-order valence-electron chi connectivity index (χ3n) is 1.39. The van der Waals surface area contributed by atoms with Gasteiger partial charge in [-0.3, -0.25) is 0 Å². The summed E-state index contributed by atoms with van der Waals surface area (Å²) < 4.78 is 12.9. The summed E-state index contributed by atoms with van der Waals surface area (Å²) in [6, 6.07) is 4.31. The molecule has 0 bridgehead atoms. The van der Waals surface area contributed by atoms with Gasteiger partial charge in [0.1, 0.15) is 5.82 Å². The van der Waals surface area contributed by atoms with Crippen LogP contribution in [-0.2, 0) is 4.79 Å². The molecule has 0 radical (unpaired) electrons. The fourth-order valence-corrected chi connectivity index (χ4v) is 1.41. The van der Waals surface area contributed by atoms with E-state index in [0.717, 1.165) is 17.8 Å². The van der Waals surface area contributed by atoms with Crippen molar-refractivity contribution in [1.29, 1.82) is 0 Å². The Labute approximate surface area is 84.4 Å². The number of carbonyl (C=O) groups is 1. The van der Waals surface area contributed by atoms with Crippen LogP contribution >= 0.6 is 11.8 Å². The molecule has 5 heteroatoms. The van der Waals surface area contributed by atoms with E-state index >= 15 is 0 Å². The number of aliphatic carboxylic acids is 1. The van der Waals surface area contributed by atoms with Crippen LogP contribution in [0.1, 0.15) is 0 Å². The van der Waals surface area contributed by atoms with E-state index in [1.54, 1.807) is 6.07 Å². The van der Waals surface area contributed by atoms with Gasteiger partial charge in [0.05, 0.1) is 5.69 Å². The van der Waals surface area contributed by atoms with Gasteiger partial charge in [0.25, 0.3) is 0 Å². The van der Waals surface area contributed by atoms with Crippen LogP contribution in [0.5, 0.6) is 0 Å². The van der Waals surface area contributed by atoms with Gasteiger partial charge in [0.2, 0.25) is 0 Å². The number of hydrogen-bond donors (Lipinski definition) is 2. The Morgan fingerprint density at radius 3 is 2.86 bits per heavy atom. The van der Waals surface area contributed by atoms with Gasteiger partial charge in [0.15, 0.2) is 0 Å². The minimum absolute atomic E-state index is 0.0802. The highest BCUT2D eigenvalue weighted by Crippen LogP contribution is 2.22. The molecule has 0 aliphatic carbocycles. The number of hydrogen-bond acceptors (Lipinski definition) is 3. The van der Waals surface area contributed by atoms with Gasteiger partial charge in [0, 0.05) is 11.0 Å². The van der Waals surface area contributed by atoms with Crippen molar-refractivity contribution in [2.45, 2.75) is 4.90 Å². The van der Waals surface area contributed by atoms with Crippen LogP contribution in [0.25, 0.3) is 0 Å². The predicted molar refractivity (Wildman–Crippen MR) is 53.4 cm³/mol. The Kier molecular flexibility index (Phi) is 3.53. The summed E-state index contributed by atoms with van der Waals surface area (Å²) in [4.78, 5) is 10.7. The minimum atomic E-state index is -1.03. The first-order valence-corrected chi connectivity index (χ1v) is 4.58. The van der Waals surface area contributed by atoms with Gasteiger partial charge < -0.3 is 10.8 Å².